The minimum absolute atomic E-state index is 0.0674. The van der Waals surface area contributed by atoms with Gasteiger partial charge in [-0.05, 0) is 29.5 Å². The van der Waals surface area contributed by atoms with Crippen LogP contribution in [0.1, 0.15) is 32.8 Å². The maximum atomic E-state index is 11.5. The summed E-state index contributed by atoms with van der Waals surface area (Å²) in [7, 11) is 1.91. The van der Waals surface area contributed by atoms with Crippen molar-refractivity contribution in [2.24, 2.45) is 5.41 Å². The highest BCUT2D eigenvalue weighted by Gasteiger charge is 2.32. The molecule has 0 bridgehead atoms. The Kier molecular flexibility index (Phi) is 5.52. The van der Waals surface area contributed by atoms with Gasteiger partial charge in [0.25, 0.3) is 0 Å². The lowest BCUT2D eigenvalue weighted by molar-refractivity contribution is 0.0480. The van der Waals surface area contributed by atoms with Crippen molar-refractivity contribution in [3.05, 3.63) is 29.8 Å². The summed E-state index contributed by atoms with van der Waals surface area (Å²) in [6.45, 7) is 9.56. The van der Waals surface area contributed by atoms with E-state index in [0.29, 0.717) is 6.54 Å². The molecule has 5 nitrogen and oxygen atoms in total. The summed E-state index contributed by atoms with van der Waals surface area (Å²) in [6, 6.07) is 8.49. The lowest BCUT2D eigenvalue weighted by Gasteiger charge is -2.42. The molecule has 1 fully saturated rings. The Bertz CT molecular complexity index is 522. The minimum atomic E-state index is -0.794. The molecule has 0 aromatic heterocycles. The third-order valence-corrected chi connectivity index (χ3v) is 4.31. The van der Waals surface area contributed by atoms with Crippen molar-refractivity contribution in [2.75, 3.05) is 32.0 Å². The molecule has 2 rings (SSSR count). The Balaban J connectivity index is 2.02. The molecule has 23 heavy (non-hydrogen) atoms. The highest BCUT2D eigenvalue weighted by Crippen LogP contribution is 2.26. The van der Waals surface area contributed by atoms with Crippen molar-refractivity contribution in [3.8, 4) is 0 Å². The van der Waals surface area contributed by atoms with E-state index in [1.165, 1.54) is 5.56 Å². The van der Waals surface area contributed by atoms with E-state index in [-0.39, 0.29) is 11.5 Å². The molecule has 1 heterocycles. The van der Waals surface area contributed by atoms with Gasteiger partial charge in [0.15, 0.2) is 0 Å². The van der Waals surface area contributed by atoms with Gasteiger partial charge in [0.1, 0.15) is 0 Å². The molecule has 0 spiro atoms. The molecule has 2 N–H and O–H groups in total. The fraction of sp³-hybridized carbons (Fsp3) is 0.611. The van der Waals surface area contributed by atoms with Crippen LogP contribution in [0.3, 0.4) is 0 Å². The summed E-state index contributed by atoms with van der Waals surface area (Å²) < 4.78 is 0. The number of carboxylic acid groups (broad SMARTS) is 1. The van der Waals surface area contributed by atoms with Gasteiger partial charge in [-0.25, -0.2) is 4.79 Å². The van der Waals surface area contributed by atoms with Crippen LogP contribution >= 0.6 is 0 Å². The maximum absolute atomic E-state index is 11.5. The average molecular weight is 319 g/mol. The molecule has 5 heteroatoms. The molecule has 128 valence electrons. The third kappa shape index (κ3) is 5.13. The van der Waals surface area contributed by atoms with Crippen LogP contribution < -0.4 is 5.32 Å². The van der Waals surface area contributed by atoms with Crippen LogP contribution in [0.5, 0.6) is 0 Å². The highest BCUT2D eigenvalue weighted by atomic mass is 16.4. The predicted molar refractivity (Wildman–Crippen MR) is 93.9 cm³/mol. The summed E-state index contributed by atoms with van der Waals surface area (Å²) in [5.41, 5.74) is 2.49. The van der Waals surface area contributed by atoms with Gasteiger partial charge in [-0.2, -0.15) is 0 Å². The lowest BCUT2D eigenvalue weighted by atomic mass is 9.86. The summed E-state index contributed by atoms with van der Waals surface area (Å²) >= 11 is 0. The fourth-order valence-corrected chi connectivity index (χ4v) is 3.23. The number of anilines is 1. The summed E-state index contributed by atoms with van der Waals surface area (Å²) in [5.74, 6) is 0. The van der Waals surface area contributed by atoms with E-state index < -0.39 is 6.09 Å². The van der Waals surface area contributed by atoms with Crippen LogP contribution in [0, 0.1) is 5.41 Å². The first-order valence-electron chi connectivity index (χ1n) is 8.27. The molecule has 1 aliphatic heterocycles. The van der Waals surface area contributed by atoms with Crippen LogP contribution in [0.25, 0.3) is 0 Å². The van der Waals surface area contributed by atoms with E-state index in [0.717, 1.165) is 31.7 Å². The van der Waals surface area contributed by atoms with Crippen LogP contribution in [-0.4, -0.2) is 53.7 Å². The number of hydrogen-bond acceptors (Lipinski definition) is 3. The van der Waals surface area contributed by atoms with Crippen LogP contribution in [0.4, 0.5) is 10.5 Å². The van der Waals surface area contributed by atoms with Gasteiger partial charge in [-0.3, -0.25) is 4.90 Å². The number of benzene rings is 1. The second-order valence-corrected chi connectivity index (χ2v) is 7.58. The Morgan fingerprint density at radius 3 is 2.43 bits per heavy atom. The summed E-state index contributed by atoms with van der Waals surface area (Å²) in [5, 5.41) is 12.6. The lowest BCUT2D eigenvalue weighted by Crippen LogP contribution is -2.55. The zero-order valence-electron chi connectivity index (χ0n) is 14.7. The van der Waals surface area contributed by atoms with E-state index in [1.807, 2.05) is 7.05 Å². The standard InChI is InChI=1S/C18H29N3O2/c1-18(2,3)11-16-13-20(9-10-21(16)17(22)23)12-14-5-7-15(19-4)8-6-14/h5-8,16,19H,9-13H2,1-4H3,(H,22,23)/t16-/m0/s1. The Morgan fingerprint density at radius 2 is 1.91 bits per heavy atom. The summed E-state index contributed by atoms with van der Waals surface area (Å²) in [6.07, 6.45) is 0.0892. The normalized spacial score (nSPS) is 19.7. The SMILES string of the molecule is CNc1ccc(CN2CCN(C(=O)O)[C@@H](CC(C)(C)C)C2)cc1. The molecule has 0 aliphatic carbocycles. The van der Waals surface area contributed by atoms with E-state index in [1.54, 1.807) is 4.90 Å². The quantitative estimate of drug-likeness (QED) is 0.894. The van der Waals surface area contributed by atoms with Gasteiger partial charge >= 0.3 is 6.09 Å². The first-order chi connectivity index (χ1) is 10.8. The van der Waals surface area contributed by atoms with Crippen molar-refractivity contribution < 1.29 is 9.90 Å². The maximum Gasteiger partial charge on any atom is 0.407 e. The predicted octanol–water partition coefficient (Wildman–Crippen LogP) is 3.33. The van der Waals surface area contributed by atoms with Gasteiger partial charge in [-0.1, -0.05) is 32.9 Å². The van der Waals surface area contributed by atoms with E-state index >= 15 is 0 Å². The van der Waals surface area contributed by atoms with E-state index in [4.69, 9.17) is 0 Å². The van der Waals surface area contributed by atoms with Crippen molar-refractivity contribution in [2.45, 2.75) is 39.8 Å². The Labute approximate surface area is 139 Å². The number of rotatable bonds is 4. The number of nitrogens with zero attached hydrogens (tertiary/aromatic N) is 2. The van der Waals surface area contributed by atoms with E-state index in [2.05, 4.69) is 55.3 Å². The van der Waals surface area contributed by atoms with Crippen LogP contribution in [-0.2, 0) is 6.54 Å². The molecular formula is C18H29N3O2. The first-order valence-corrected chi connectivity index (χ1v) is 8.27. The number of nitrogens with one attached hydrogen (secondary N) is 1. The molecule has 1 saturated heterocycles. The van der Waals surface area contributed by atoms with Gasteiger partial charge in [0, 0.05) is 45.0 Å². The Morgan fingerprint density at radius 1 is 1.26 bits per heavy atom. The monoisotopic (exact) mass is 319 g/mol. The van der Waals surface area contributed by atoms with Crippen molar-refractivity contribution in [1.29, 1.82) is 0 Å². The number of hydrogen-bond donors (Lipinski definition) is 2. The van der Waals surface area contributed by atoms with Gasteiger partial charge in [0.2, 0.25) is 0 Å². The Hall–Kier alpha value is -1.75. The molecule has 0 saturated carbocycles. The zero-order valence-corrected chi connectivity index (χ0v) is 14.7. The van der Waals surface area contributed by atoms with Crippen LogP contribution in [0.15, 0.2) is 24.3 Å². The molecule has 1 atom stereocenters. The molecule has 1 aromatic carbocycles. The molecule has 0 unspecified atom stereocenters. The molecule has 1 aromatic rings. The molecule has 1 amide bonds. The fourth-order valence-electron chi connectivity index (χ4n) is 3.23. The van der Waals surface area contributed by atoms with Crippen molar-refractivity contribution in [3.63, 3.8) is 0 Å². The minimum Gasteiger partial charge on any atom is -0.465 e. The number of piperazine rings is 1. The zero-order chi connectivity index (χ0) is 17.0. The van der Waals surface area contributed by atoms with Gasteiger partial charge in [0.05, 0.1) is 0 Å². The number of carbonyl (C=O) groups is 1. The topological polar surface area (TPSA) is 55.8 Å². The first kappa shape index (κ1) is 17.6. The molecule has 0 radical (unpaired) electrons. The van der Waals surface area contributed by atoms with Crippen LogP contribution in [0.2, 0.25) is 0 Å². The largest absolute Gasteiger partial charge is 0.465 e. The van der Waals surface area contributed by atoms with Crippen molar-refractivity contribution >= 4 is 11.8 Å². The molecular weight excluding hydrogens is 290 g/mol. The van der Waals surface area contributed by atoms with E-state index in [9.17, 15) is 9.90 Å². The van der Waals surface area contributed by atoms with Gasteiger partial charge < -0.3 is 15.3 Å². The second kappa shape index (κ2) is 7.21. The van der Waals surface area contributed by atoms with Crippen molar-refractivity contribution in [1.82, 2.24) is 9.80 Å². The summed E-state index contributed by atoms with van der Waals surface area (Å²) in [4.78, 5) is 15.5. The van der Waals surface area contributed by atoms with Gasteiger partial charge in [-0.15, -0.1) is 0 Å². The average Bonchev–Trinajstić information content (AvgIpc) is 2.46. The number of amides is 1. The highest BCUT2D eigenvalue weighted by molar-refractivity contribution is 5.65. The second-order valence-electron chi connectivity index (χ2n) is 7.58. The third-order valence-electron chi connectivity index (χ3n) is 4.31. The smallest absolute Gasteiger partial charge is 0.407 e. The molecule has 1 aliphatic rings.